The largest absolute Gasteiger partial charge is 0.382 e. The maximum atomic E-state index is 13.4. The van der Waals surface area contributed by atoms with E-state index < -0.39 is 5.91 Å². The summed E-state index contributed by atoms with van der Waals surface area (Å²) in [6.07, 6.45) is 1.50. The van der Waals surface area contributed by atoms with Crippen LogP contribution in [0, 0.1) is 12.7 Å². The van der Waals surface area contributed by atoms with Gasteiger partial charge in [-0.3, -0.25) is 4.79 Å². The van der Waals surface area contributed by atoms with Gasteiger partial charge in [0.25, 0.3) is 5.91 Å². The lowest BCUT2D eigenvalue weighted by Crippen LogP contribution is -2.17. The number of rotatable bonds is 3. The van der Waals surface area contributed by atoms with E-state index in [9.17, 15) is 9.18 Å². The minimum atomic E-state index is -0.780. The molecule has 2 heterocycles. The second-order valence-corrected chi connectivity index (χ2v) is 6.22. The predicted octanol–water partition coefficient (Wildman–Crippen LogP) is 2.88. The molecule has 2 aromatic heterocycles. The number of aromatic nitrogens is 4. The van der Waals surface area contributed by atoms with E-state index in [2.05, 4.69) is 19.9 Å². The van der Waals surface area contributed by atoms with Crippen molar-refractivity contribution in [1.82, 2.24) is 19.9 Å². The summed E-state index contributed by atoms with van der Waals surface area (Å²) in [5, 5.41) is 0.837. The third-order valence-electron chi connectivity index (χ3n) is 4.38. The molecule has 0 aliphatic carbocycles. The van der Waals surface area contributed by atoms with Crippen molar-refractivity contribution in [1.29, 1.82) is 0 Å². The number of hydrogen-bond donors (Lipinski definition) is 2. The van der Waals surface area contributed by atoms with Gasteiger partial charge in [-0.25, -0.2) is 24.3 Å². The average molecular weight is 374 g/mol. The third kappa shape index (κ3) is 3.01. The van der Waals surface area contributed by atoms with Gasteiger partial charge in [-0.2, -0.15) is 0 Å². The molecule has 1 amide bonds. The topological polar surface area (TPSA) is 121 Å². The van der Waals surface area contributed by atoms with Crippen molar-refractivity contribution >= 4 is 22.6 Å². The van der Waals surface area contributed by atoms with E-state index in [0.29, 0.717) is 22.5 Å². The van der Waals surface area contributed by atoms with Crippen LogP contribution in [0.15, 0.2) is 48.8 Å². The zero-order valence-electron chi connectivity index (χ0n) is 14.8. The Morgan fingerprint density at radius 3 is 2.36 bits per heavy atom. The SMILES string of the molecule is Cc1ncnc2ccc(-c3nc(C(N)=O)c(N)nc3-c3ccc(F)cc3)cc12. The maximum absolute atomic E-state index is 13.4. The van der Waals surface area contributed by atoms with Gasteiger partial charge in [0.2, 0.25) is 0 Å². The lowest BCUT2D eigenvalue weighted by atomic mass is 10.0. The second kappa shape index (κ2) is 6.66. The summed E-state index contributed by atoms with van der Waals surface area (Å²) in [6, 6.07) is 11.3. The number of anilines is 1. The third-order valence-corrected chi connectivity index (χ3v) is 4.38. The van der Waals surface area contributed by atoms with E-state index in [0.717, 1.165) is 16.6 Å². The minimum Gasteiger partial charge on any atom is -0.382 e. The summed E-state index contributed by atoms with van der Waals surface area (Å²) in [5.74, 6) is -1.24. The first kappa shape index (κ1) is 17.5. The van der Waals surface area contributed by atoms with Crippen LogP contribution in [0.4, 0.5) is 10.2 Å². The number of hydrogen-bond acceptors (Lipinski definition) is 6. The van der Waals surface area contributed by atoms with E-state index in [1.54, 1.807) is 12.1 Å². The lowest BCUT2D eigenvalue weighted by Gasteiger charge is -2.12. The summed E-state index contributed by atoms with van der Waals surface area (Å²) in [7, 11) is 0. The first-order chi connectivity index (χ1) is 13.4. The molecule has 0 saturated carbocycles. The molecule has 0 saturated heterocycles. The minimum absolute atomic E-state index is 0.0871. The smallest absolute Gasteiger partial charge is 0.271 e. The monoisotopic (exact) mass is 374 g/mol. The van der Waals surface area contributed by atoms with Crippen molar-refractivity contribution in [3.05, 3.63) is 66.0 Å². The van der Waals surface area contributed by atoms with E-state index in [1.165, 1.54) is 18.5 Å². The van der Waals surface area contributed by atoms with Crippen LogP contribution >= 0.6 is 0 Å². The number of nitrogens with zero attached hydrogens (tertiary/aromatic N) is 4. The number of carbonyl (C=O) groups is 1. The first-order valence-corrected chi connectivity index (χ1v) is 8.39. The molecular weight excluding hydrogens is 359 g/mol. The molecule has 4 aromatic rings. The van der Waals surface area contributed by atoms with Crippen molar-refractivity contribution < 1.29 is 9.18 Å². The standard InChI is InChI=1S/C20H15FN6O/c1-10-14-8-12(4-7-15(14)25-9-24-10)17-16(11-2-5-13(21)6-3-11)27-19(22)18(26-17)20(23)28/h2-9H,1H3,(H2,22,27)(H2,23,28). The zero-order chi connectivity index (χ0) is 19.8. The average Bonchev–Trinajstić information content (AvgIpc) is 2.68. The van der Waals surface area contributed by atoms with Gasteiger partial charge in [0.15, 0.2) is 11.5 Å². The lowest BCUT2D eigenvalue weighted by molar-refractivity contribution is 0.0996. The van der Waals surface area contributed by atoms with Gasteiger partial charge in [0.05, 0.1) is 16.9 Å². The molecule has 0 fully saturated rings. The number of fused-ring (bicyclic) bond motifs is 1. The van der Waals surface area contributed by atoms with Gasteiger partial charge in [-0.05, 0) is 43.3 Å². The summed E-state index contributed by atoms with van der Waals surface area (Å²) in [6.45, 7) is 1.87. The summed E-state index contributed by atoms with van der Waals surface area (Å²) in [5.41, 5.74) is 14.8. The fourth-order valence-electron chi connectivity index (χ4n) is 2.97. The van der Waals surface area contributed by atoms with Crippen LogP contribution in [0.1, 0.15) is 16.2 Å². The molecule has 0 aliphatic rings. The highest BCUT2D eigenvalue weighted by Crippen LogP contribution is 2.32. The normalized spacial score (nSPS) is 10.9. The molecule has 138 valence electrons. The highest BCUT2D eigenvalue weighted by Gasteiger charge is 2.19. The highest BCUT2D eigenvalue weighted by atomic mass is 19.1. The van der Waals surface area contributed by atoms with Gasteiger partial charge in [-0.1, -0.05) is 6.07 Å². The van der Waals surface area contributed by atoms with Crippen LogP contribution in [0.25, 0.3) is 33.4 Å². The van der Waals surface area contributed by atoms with Crippen LogP contribution in [0.2, 0.25) is 0 Å². The Balaban J connectivity index is 2.01. The van der Waals surface area contributed by atoms with Crippen LogP contribution in [0.3, 0.4) is 0 Å². The molecule has 0 atom stereocenters. The molecular formula is C20H15FN6O. The van der Waals surface area contributed by atoms with E-state index in [-0.39, 0.29) is 17.3 Å². The Bertz CT molecular complexity index is 1220. The summed E-state index contributed by atoms with van der Waals surface area (Å²) >= 11 is 0. The van der Waals surface area contributed by atoms with Crippen molar-refractivity contribution in [2.24, 2.45) is 5.73 Å². The molecule has 4 N–H and O–H groups in total. The predicted molar refractivity (Wildman–Crippen MR) is 104 cm³/mol. The Morgan fingerprint density at radius 2 is 1.64 bits per heavy atom. The Labute approximate surface area is 159 Å². The molecule has 4 rings (SSSR count). The number of amides is 1. The van der Waals surface area contributed by atoms with Gasteiger partial charge in [0.1, 0.15) is 12.1 Å². The number of halogens is 1. The molecule has 0 unspecified atom stereocenters. The zero-order valence-corrected chi connectivity index (χ0v) is 14.8. The van der Waals surface area contributed by atoms with Crippen molar-refractivity contribution in [2.75, 3.05) is 5.73 Å². The number of nitrogens with two attached hydrogens (primary N) is 2. The molecule has 8 heteroatoms. The number of carbonyl (C=O) groups excluding carboxylic acids is 1. The number of benzene rings is 2. The van der Waals surface area contributed by atoms with Crippen molar-refractivity contribution in [2.45, 2.75) is 6.92 Å². The van der Waals surface area contributed by atoms with Gasteiger partial charge in [-0.15, -0.1) is 0 Å². The fraction of sp³-hybridized carbons (Fsp3) is 0.0500. The fourth-order valence-corrected chi connectivity index (χ4v) is 2.97. The molecule has 0 radical (unpaired) electrons. The Kier molecular flexibility index (Phi) is 4.15. The molecule has 0 aliphatic heterocycles. The van der Waals surface area contributed by atoms with Gasteiger partial charge in [0, 0.05) is 22.2 Å². The summed E-state index contributed by atoms with van der Waals surface area (Å²) < 4.78 is 13.4. The van der Waals surface area contributed by atoms with Crippen LogP contribution in [-0.4, -0.2) is 25.8 Å². The Hall–Kier alpha value is -3.94. The number of aryl methyl sites for hydroxylation is 1. The van der Waals surface area contributed by atoms with E-state index in [1.807, 2.05) is 25.1 Å². The van der Waals surface area contributed by atoms with E-state index >= 15 is 0 Å². The van der Waals surface area contributed by atoms with Crippen molar-refractivity contribution in [3.8, 4) is 22.5 Å². The highest BCUT2D eigenvalue weighted by molar-refractivity contribution is 5.97. The molecule has 7 nitrogen and oxygen atoms in total. The molecule has 2 aromatic carbocycles. The van der Waals surface area contributed by atoms with Crippen molar-refractivity contribution in [3.63, 3.8) is 0 Å². The van der Waals surface area contributed by atoms with Gasteiger partial charge >= 0.3 is 0 Å². The first-order valence-electron chi connectivity index (χ1n) is 8.39. The van der Waals surface area contributed by atoms with Crippen LogP contribution < -0.4 is 11.5 Å². The van der Waals surface area contributed by atoms with E-state index in [4.69, 9.17) is 11.5 Å². The van der Waals surface area contributed by atoms with Crippen LogP contribution in [-0.2, 0) is 0 Å². The molecule has 0 spiro atoms. The summed E-state index contributed by atoms with van der Waals surface area (Å²) in [4.78, 5) is 28.9. The second-order valence-electron chi connectivity index (χ2n) is 6.22. The van der Waals surface area contributed by atoms with Crippen LogP contribution in [0.5, 0.6) is 0 Å². The number of primary amides is 1. The molecule has 28 heavy (non-hydrogen) atoms. The Morgan fingerprint density at radius 1 is 0.964 bits per heavy atom. The van der Waals surface area contributed by atoms with Gasteiger partial charge < -0.3 is 11.5 Å². The maximum Gasteiger partial charge on any atom is 0.271 e. The molecule has 0 bridgehead atoms. The number of nitrogen functional groups attached to an aromatic ring is 1. The quantitative estimate of drug-likeness (QED) is 0.569.